The van der Waals surface area contributed by atoms with Gasteiger partial charge in [0.05, 0.1) is 17.7 Å². The van der Waals surface area contributed by atoms with E-state index >= 15 is 0 Å². The molecule has 2 aliphatic heterocycles. The molecule has 0 bridgehead atoms. The predicted octanol–water partition coefficient (Wildman–Crippen LogP) is 2.07. The molecule has 2 aliphatic rings. The summed E-state index contributed by atoms with van der Waals surface area (Å²) in [5.74, 6) is 0.385. The minimum atomic E-state index is -0.330. The van der Waals surface area contributed by atoms with Gasteiger partial charge >= 0.3 is 0 Å². The van der Waals surface area contributed by atoms with E-state index in [9.17, 15) is 14.4 Å². The highest BCUT2D eigenvalue weighted by molar-refractivity contribution is 6.21. The van der Waals surface area contributed by atoms with Gasteiger partial charge in [-0.3, -0.25) is 24.2 Å². The molecule has 0 saturated carbocycles. The van der Waals surface area contributed by atoms with Crippen LogP contribution in [0, 0.1) is 0 Å². The molecular formula is C24H23N5O4. The second-order valence-corrected chi connectivity index (χ2v) is 8.10. The predicted molar refractivity (Wildman–Crippen MR) is 118 cm³/mol. The lowest BCUT2D eigenvalue weighted by molar-refractivity contribution is -0.133. The molecule has 2 aromatic carbocycles. The summed E-state index contributed by atoms with van der Waals surface area (Å²) in [6.45, 7) is 3.17. The van der Waals surface area contributed by atoms with E-state index in [0.29, 0.717) is 55.6 Å². The first kappa shape index (κ1) is 21.0. The van der Waals surface area contributed by atoms with Gasteiger partial charge in [-0.1, -0.05) is 35.5 Å². The van der Waals surface area contributed by atoms with Crippen molar-refractivity contribution in [3.63, 3.8) is 0 Å². The van der Waals surface area contributed by atoms with Crippen LogP contribution < -0.4 is 0 Å². The summed E-state index contributed by atoms with van der Waals surface area (Å²) in [7, 11) is 0. The number of nitrogens with zero attached hydrogens (tertiary/aromatic N) is 5. The van der Waals surface area contributed by atoms with E-state index in [1.54, 1.807) is 29.2 Å². The summed E-state index contributed by atoms with van der Waals surface area (Å²) in [5, 5.41) is 4.07. The number of benzene rings is 2. The van der Waals surface area contributed by atoms with Crippen molar-refractivity contribution in [1.29, 1.82) is 0 Å². The first-order chi connectivity index (χ1) is 16.1. The molecule has 0 N–H and O–H groups in total. The molecule has 0 aliphatic carbocycles. The molecule has 1 saturated heterocycles. The van der Waals surface area contributed by atoms with E-state index in [0.717, 1.165) is 5.56 Å². The maximum absolute atomic E-state index is 12.7. The van der Waals surface area contributed by atoms with Gasteiger partial charge in [0.1, 0.15) is 0 Å². The average molecular weight is 445 g/mol. The molecule has 9 nitrogen and oxygen atoms in total. The summed E-state index contributed by atoms with van der Waals surface area (Å²) in [6.07, 6.45) is 0.122. The summed E-state index contributed by atoms with van der Waals surface area (Å²) < 4.78 is 5.36. The van der Waals surface area contributed by atoms with Gasteiger partial charge in [0.25, 0.3) is 17.7 Å². The van der Waals surface area contributed by atoms with Crippen LogP contribution in [0.2, 0.25) is 0 Å². The Morgan fingerprint density at radius 1 is 0.879 bits per heavy atom. The zero-order valence-corrected chi connectivity index (χ0v) is 18.0. The van der Waals surface area contributed by atoms with Crippen molar-refractivity contribution in [2.45, 2.75) is 13.0 Å². The molecule has 0 radical (unpaired) electrons. The standard InChI is InChI=1S/C24H23N5O4/c30-21(10-11-29-23(31)18-8-4-5-9-19(18)24(29)32)28-14-12-27(13-15-28)16-20-25-22(33-26-20)17-6-2-1-3-7-17/h1-9H,10-16H2. The fraction of sp³-hybridized carbons (Fsp3) is 0.292. The van der Waals surface area contributed by atoms with Crippen molar-refractivity contribution < 1.29 is 18.9 Å². The number of aromatic nitrogens is 2. The number of amides is 3. The van der Waals surface area contributed by atoms with E-state index in [1.165, 1.54) is 4.90 Å². The number of piperazine rings is 1. The van der Waals surface area contributed by atoms with Crippen LogP contribution in [0.25, 0.3) is 11.5 Å². The summed E-state index contributed by atoms with van der Waals surface area (Å²) in [4.78, 5) is 47.2. The number of fused-ring (bicyclic) bond motifs is 1. The lowest BCUT2D eigenvalue weighted by Gasteiger charge is -2.34. The van der Waals surface area contributed by atoms with Crippen LogP contribution in [0.4, 0.5) is 0 Å². The molecule has 0 unspecified atom stereocenters. The SMILES string of the molecule is O=C(CCN1C(=O)c2ccccc2C1=O)N1CCN(Cc2noc(-c3ccccc3)n2)CC1. The first-order valence-electron chi connectivity index (χ1n) is 10.9. The Balaban J connectivity index is 1.10. The van der Waals surface area contributed by atoms with Gasteiger partial charge < -0.3 is 9.42 Å². The maximum Gasteiger partial charge on any atom is 0.261 e. The third-order valence-electron chi connectivity index (χ3n) is 6.01. The van der Waals surface area contributed by atoms with Crippen molar-refractivity contribution in [3.05, 3.63) is 71.5 Å². The summed E-state index contributed by atoms with van der Waals surface area (Å²) in [5.41, 5.74) is 1.69. The van der Waals surface area contributed by atoms with Crippen molar-refractivity contribution in [2.75, 3.05) is 32.7 Å². The monoisotopic (exact) mass is 445 g/mol. The second-order valence-electron chi connectivity index (χ2n) is 8.10. The van der Waals surface area contributed by atoms with Crippen LogP contribution >= 0.6 is 0 Å². The van der Waals surface area contributed by atoms with Crippen LogP contribution in [0.15, 0.2) is 59.1 Å². The molecule has 3 amide bonds. The fourth-order valence-electron chi connectivity index (χ4n) is 4.18. The number of rotatable bonds is 6. The zero-order chi connectivity index (χ0) is 22.8. The Labute approximate surface area is 190 Å². The molecule has 168 valence electrons. The van der Waals surface area contributed by atoms with Crippen LogP contribution in [0.3, 0.4) is 0 Å². The smallest absolute Gasteiger partial charge is 0.261 e. The Kier molecular flexibility index (Phi) is 5.70. The lowest BCUT2D eigenvalue weighted by atomic mass is 10.1. The molecule has 1 fully saturated rings. The van der Waals surface area contributed by atoms with Gasteiger partial charge in [-0.2, -0.15) is 4.98 Å². The van der Waals surface area contributed by atoms with Crippen LogP contribution in [-0.4, -0.2) is 75.3 Å². The summed E-state index contributed by atoms with van der Waals surface area (Å²) in [6, 6.07) is 16.4. The van der Waals surface area contributed by atoms with Gasteiger partial charge in [0.15, 0.2) is 5.82 Å². The van der Waals surface area contributed by atoms with Gasteiger partial charge in [-0.25, -0.2) is 0 Å². The summed E-state index contributed by atoms with van der Waals surface area (Å²) >= 11 is 0. The van der Waals surface area contributed by atoms with Crippen LogP contribution in [0.1, 0.15) is 33.0 Å². The highest BCUT2D eigenvalue weighted by atomic mass is 16.5. The number of hydrogen-bond donors (Lipinski definition) is 0. The Hall–Kier alpha value is -3.85. The molecule has 0 atom stereocenters. The minimum absolute atomic E-state index is 0.0582. The van der Waals surface area contributed by atoms with Gasteiger partial charge in [0, 0.05) is 44.7 Å². The van der Waals surface area contributed by atoms with Crippen molar-refractivity contribution in [2.24, 2.45) is 0 Å². The Bertz CT molecular complexity index is 1150. The van der Waals surface area contributed by atoms with E-state index in [2.05, 4.69) is 15.0 Å². The van der Waals surface area contributed by atoms with Crippen molar-refractivity contribution in [1.82, 2.24) is 24.8 Å². The normalized spacial score (nSPS) is 16.4. The maximum atomic E-state index is 12.7. The largest absolute Gasteiger partial charge is 0.340 e. The molecule has 9 heteroatoms. The second kappa shape index (κ2) is 8.95. The first-order valence-corrected chi connectivity index (χ1v) is 10.9. The third-order valence-corrected chi connectivity index (χ3v) is 6.01. The number of hydrogen-bond acceptors (Lipinski definition) is 7. The van der Waals surface area contributed by atoms with Gasteiger partial charge in [-0.15, -0.1) is 0 Å². The molecule has 1 aromatic heterocycles. The van der Waals surface area contributed by atoms with Crippen LogP contribution in [0.5, 0.6) is 0 Å². The molecule has 5 rings (SSSR count). The molecule has 0 spiro atoms. The van der Waals surface area contributed by atoms with Crippen molar-refractivity contribution >= 4 is 17.7 Å². The average Bonchev–Trinajstić information content (AvgIpc) is 3.42. The van der Waals surface area contributed by atoms with Gasteiger partial charge in [0.2, 0.25) is 5.91 Å². The van der Waals surface area contributed by atoms with E-state index in [-0.39, 0.29) is 30.7 Å². The number of imide groups is 1. The number of carbonyl (C=O) groups is 3. The van der Waals surface area contributed by atoms with Crippen LogP contribution in [-0.2, 0) is 11.3 Å². The lowest BCUT2D eigenvalue weighted by Crippen LogP contribution is -2.49. The third kappa shape index (κ3) is 4.27. The molecule has 3 aromatic rings. The molecule has 3 heterocycles. The molecule has 33 heavy (non-hydrogen) atoms. The highest BCUT2D eigenvalue weighted by Gasteiger charge is 2.35. The Morgan fingerprint density at radius 2 is 1.52 bits per heavy atom. The van der Waals surface area contributed by atoms with E-state index in [4.69, 9.17) is 4.52 Å². The Morgan fingerprint density at radius 3 is 2.18 bits per heavy atom. The van der Waals surface area contributed by atoms with E-state index < -0.39 is 0 Å². The highest BCUT2D eigenvalue weighted by Crippen LogP contribution is 2.23. The van der Waals surface area contributed by atoms with Gasteiger partial charge in [-0.05, 0) is 24.3 Å². The molecular weight excluding hydrogens is 422 g/mol. The topological polar surface area (TPSA) is 99.9 Å². The quantitative estimate of drug-likeness (QED) is 0.536. The van der Waals surface area contributed by atoms with E-state index in [1.807, 2.05) is 30.3 Å². The number of carbonyl (C=O) groups excluding carboxylic acids is 3. The fourth-order valence-corrected chi connectivity index (χ4v) is 4.18. The minimum Gasteiger partial charge on any atom is -0.340 e. The zero-order valence-electron chi connectivity index (χ0n) is 18.0. The van der Waals surface area contributed by atoms with Crippen molar-refractivity contribution in [3.8, 4) is 11.5 Å².